The Morgan fingerprint density at radius 1 is 1.13 bits per heavy atom. The Hall–Kier alpha value is -2.84. The molecular formula is C23H23BrN2O5. The summed E-state index contributed by atoms with van der Waals surface area (Å²) in [6.45, 7) is 4.40. The minimum atomic E-state index is -1.42. The second-order valence-corrected chi connectivity index (χ2v) is 8.94. The minimum Gasteiger partial charge on any atom is -0.389 e. The third-order valence-corrected chi connectivity index (χ3v) is 6.12. The molecule has 0 aliphatic heterocycles. The number of Topliss-reactive ketones (excluding diaryl/α,β-unsaturated/α-hetero) is 2. The fraction of sp³-hybridized carbons (Fsp3) is 0.304. The highest BCUT2D eigenvalue weighted by molar-refractivity contribution is 9.10. The average molecular weight is 487 g/mol. The zero-order valence-corrected chi connectivity index (χ0v) is 19.0. The molecule has 0 radical (unpaired) electrons. The number of hydrogen-bond donors (Lipinski definition) is 2. The van der Waals surface area contributed by atoms with Crippen LogP contribution in [0.15, 0.2) is 64.3 Å². The van der Waals surface area contributed by atoms with E-state index in [9.17, 15) is 24.8 Å². The highest BCUT2D eigenvalue weighted by Gasteiger charge is 2.49. The van der Waals surface area contributed by atoms with Gasteiger partial charge in [-0.05, 0) is 50.6 Å². The van der Waals surface area contributed by atoms with Crippen molar-refractivity contribution in [1.82, 2.24) is 0 Å². The topological polar surface area (TPSA) is 110 Å². The molecule has 0 spiro atoms. The van der Waals surface area contributed by atoms with Crippen LogP contribution >= 0.6 is 15.9 Å². The van der Waals surface area contributed by atoms with E-state index in [1.54, 1.807) is 19.1 Å². The molecule has 7 nitrogen and oxygen atoms in total. The van der Waals surface area contributed by atoms with Crippen molar-refractivity contribution in [2.45, 2.75) is 38.7 Å². The van der Waals surface area contributed by atoms with Crippen molar-refractivity contribution in [3.63, 3.8) is 0 Å². The zero-order chi connectivity index (χ0) is 22.9. The average Bonchev–Trinajstić information content (AvgIpc) is 2.68. The van der Waals surface area contributed by atoms with Crippen LogP contribution in [0.25, 0.3) is 0 Å². The summed E-state index contributed by atoms with van der Waals surface area (Å²) in [7, 11) is 0. The van der Waals surface area contributed by atoms with Crippen molar-refractivity contribution in [3.8, 4) is 0 Å². The molecule has 3 rings (SSSR count). The van der Waals surface area contributed by atoms with Crippen LogP contribution in [-0.2, 0) is 9.59 Å². The first-order chi connectivity index (χ1) is 14.5. The Balaban J connectivity index is 2.19. The standard InChI is InChI=1S/C23H23BrN2O5/c1-13(27)20-19(25-17-8-6-16(24)7-9-17)12-23(3,29)22(14(2)28)21(20)15-4-10-18(11-5-15)26(30)31/h4-11,21-22,25,29H,12H2,1-3H3/t21-,22+,23+/m1/s1. The number of carbonyl (C=O) groups is 2. The Morgan fingerprint density at radius 2 is 1.71 bits per heavy atom. The third-order valence-electron chi connectivity index (χ3n) is 5.59. The number of allylic oxidation sites excluding steroid dienone is 1. The van der Waals surface area contributed by atoms with Crippen LogP contribution in [0.3, 0.4) is 0 Å². The Labute approximate surface area is 188 Å². The number of nitrogens with zero attached hydrogens (tertiary/aromatic N) is 1. The summed E-state index contributed by atoms with van der Waals surface area (Å²) in [4.78, 5) is 35.9. The highest BCUT2D eigenvalue weighted by atomic mass is 79.9. The molecule has 1 aliphatic carbocycles. The summed E-state index contributed by atoms with van der Waals surface area (Å²) >= 11 is 3.38. The molecule has 0 bridgehead atoms. The predicted octanol–water partition coefficient (Wildman–Crippen LogP) is 4.76. The van der Waals surface area contributed by atoms with Crippen molar-refractivity contribution < 1.29 is 19.6 Å². The van der Waals surface area contributed by atoms with Crippen LogP contribution in [0.5, 0.6) is 0 Å². The third kappa shape index (κ3) is 4.75. The number of nitro benzene ring substituents is 1. The SMILES string of the molecule is CC(=O)C1=C(Nc2ccc(Br)cc2)C[C@](C)(O)[C@@H](C(C)=O)[C@@H]1c1ccc([N+](=O)[O-])cc1. The lowest BCUT2D eigenvalue weighted by Gasteiger charge is -2.43. The summed E-state index contributed by atoms with van der Waals surface area (Å²) in [6.07, 6.45) is 0.0890. The molecule has 162 valence electrons. The van der Waals surface area contributed by atoms with Crippen molar-refractivity contribution in [1.29, 1.82) is 0 Å². The van der Waals surface area contributed by atoms with Crippen LogP contribution < -0.4 is 5.32 Å². The number of nitrogens with one attached hydrogen (secondary N) is 1. The van der Waals surface area contributed by atoms with E-state index in [-0.39, 0.29) is 23.7 Å². The molecule has 0 amide bonds. The number of carbonyl (C=O) groups excluding carboxylic acids is 2. The number of nitro groups is 1. The van der Waals surface area contributed by atoms with Crippen molar-refractivity contribution in [2.75, 3.05) is 5.32 Å². The van der Waals surface area contributed by atoms with E-state index in [4.69, 9.17) is 0 Å². The molecule has 2 aromatic rings. The van der Waals surface area contributed by atoms with E-state index >= 15 is 0 Å². The van der Waals surface area contributed by atoms with Gasteiger partial charge in [0.05, 0.1) is 16.4 Å². The molecule has 0 unspecified atom stereocenters. The van der Waals surface area contributed by atoms with Gasteiger partial charge in [-0.25, -0.2) is 0 Å². The molecule has 2 aromatic carbocycles. The predicted molar refractivity (Wildman–Crippen MR) is 121 cm³/mol. The zero-order valence-electron chi connectivity index (χ0n) is 17.4. The van der Waals surface area contributed by atoms with Gasteiger partial charge in [-0.1, -0.05) is 28.1 Å². The Morgan fingerprint density at radius 3 is 2.19 bits per heavy atom. The fourth-order valence-electron chi connectivity index (χ4n) is 4.36. The number of rotatable bonds is 6. The number of anilines is 1. The summed E-state index contributed by atoms with van der Waals surface area (Å²) in [5, 5.41) is 25.5. The Bertz CT molecular complexity index is 1060. The first kappa shape index (κ1) is 22.8. The number of benzene rings is 2. The maximum atomic E-state index is 12.8. The van der Waals surface area contributed by atoms with Crippen LogP contribution in [0.2, 0.25) is 0 Å². The second-order valence-electron chi connectivity index (χ2n) is 8.03. The largest absolute Gasteiger partial charge is 0.389 e. The first-order valence-electron chi connectivity index (χ1n) is 9.75. The number of halogens is 1. The van der Waals surface area contributed by atoms with Gasteiger partial charge in [-0.15, -0.1) is 0 Å². The van der Waals surface area contributed by atoms with E-state index in [1.807, 2.05) is 24.3 Å². The molecule has 0 aromatic heterocycles. The van der Waals surface area contributed by atoms with E-state index in [0.29, 0.717) is 16.8 Å². The monoisotopic (exact) mass is 486 g/mol. The van der Waals surface area contributed by atoms with Crippen molar-refractivity contribution >= 4 is 38.9 Å². The van der Waals surface area contributed by atoms with Crippen LogP contribution in [-0.4, -0.2) is 27.2 Å². The number of hydrogen-bond acceptors (Lipinski definition) is 6. The first-order valence-corrected chi connectivity index (χ1v) is 10.5. The lowest BCUT2D eigenvalue weighted by atomic mass is 9.64. The van der Waals surface area contributed by atoms with E-state index < -0.39 is 22.4 Å². The smallest absolute Gasteiger partial charge is 0.269 e. The summed E-state index contributed by atoms with van der Waals surface area (Å²) in [5.74, 6) is -2.10. The maximum Gasteiger partial charge on any atom is 0.269 e. The van der Waals surface area contributed by atoms with Gasteiger partial charge >= 0.3 is 0 Å². The van der Waals surface area contributed by atoms with Crippen LogP contribution in [0.4, 0.5) is 11.4 Å². The fourth-order valence-corrected chi connectivity index (χ4v) is 4.63. The summed E-state index contributed by atoms with van der Waals surface area (Å²) in [6, 6.07) is 13.1. The molecule has 3 atom stereocenters. The van der Waals surface area contributed by atoms with E-state index in [0.717, 1.165) is 10.2 Å². The number of aliphatic hydroxyl groups is 1. The van der Waals surface area contributed by atoms with Gasteiger partial charge in [-0.2, -0.15) is 0 Å². The molecule has 0 saturated heterocycles. The second kappa shape index (κ2) is 8.72. The van der Waals surface area contributed by atoms with Gasteiger partial charge in [0.1, 0.15) is 5.78 Å². The molecule has 0 saturated carbocycles. The van der Waals surface area contributed by atoms with Crippen molar-refractivity contribution in [3.05, 3.63) is 80.0 Å². The molecule has 0 heterocycles. The van der Waals surface area contributed by atoms with Gasteiger partial charge < -0.3 is 10.4 Å². The number of non-ortho nitro benzene ring substituents is 1. The van der Waals surface area contributed by atoms with Gasteiger partial charge in [0.25, 0.3) is 5.69 Å². The lowest BCUT2D eigenvalue weighted by molar-refractivity contribution is -0.384. The molecule has 0 fully saturated rings. The lowest BCUT2D eigenvalue weighted by Crippen LogP contribution is -2.48. The summed E-state index contributed by atoms with van der Waals surface area (Å²) < 4.78 is 0.898. The molecular weight excluding hydrogens is 464 g/mol. The van der Waals surface area contributed by atoms with Gasteiger partial charge in [0.15, 0.2) is 5.78 Å². The molecule has 31 heavy (non-hydrogen) atoms. The highest BCUT2D eigenvalue weighted by Crippen LogP contribution is 2.48. The normalized spacial score (nSPS) is 23.4. The maximum absolute atomic E-state index is 12.8. The van der Waals surface area contributed by atoms with Crippen LogP contribution in [0, 0.1) is 16.0 Å². The van der Waals surface area contributed by atoms with E-state index in [2.05, 4.69) is 21.2 Å². The van der Waals surface area contributed by atoms with Gasteiger partial charge in [-0.3, -0.25) is 19.7 Å². The summed E-state index contributed by atoms with van der Waals surface area (Å²) in [5.41, 5.74) is 0.702. The van der Waals surface area contributed by atoms with Crippen molar-refractivity contribution in [2.24, 2.45) is 5.92 Å². The number of ketones is 2. The quantitative estimate of drug-likeness (QED) is 0.450. The van der Waals surface area contributed by atoms with Crippen LogP contribution in [0.1, 0.15) is 38.7 Å². The molecule has 8 heteroatoms. The Kier molecular flexibility index (Phi) is 6.43. The minimum absolute atomic E-state index is 0.0890. The van der Waals surface area contributed by atoms with Gasteiger partial charge in [0.2, 0.25) is 0 Å². The molecule has 2 N–H and O–H groups in total. The van der Waals surface area contributed by atoms with E-state index in [1.165, 1.54) is 26.0 Å². The van der Waals surface area contributed by atoms with Gasteiger partial charge in [0, 0.05) is 45.9 Å². The molecule has 1 aliphatic rings.